The van der Waals surface area contributed by atoms with Gasteiger partial charge < -0.3 is 15.8 Å². The molecule has 0 radical (unpaired) electrons. The number of nitro groups is 1. The molecule has 2 rings (SSSR count). The van der Waals surface area contributed by atoms with Crippen LogP contribution in [0.5, 0.6) is 0 Å². The van der Waals surface area contributed by atoms with Gasteiger partial charge in [-0.25, -0.2) is 0 Å². The molecule has 120 valence electrons. The Labute approximate surface area is 129 Å². The smallest absolute Gasteiger partial charge is 0.292 e. The van der Waals surface area contributed by atoms with Gasteiger partial charge in [-0.1, -0.05) is 13.0 Å². The van der Waals surface area contributed by atoms with Crippen LogP contribution in [0.4, 0.5) is 11.4 Å². The quantitative estimate of drug-likeness (QED) is 0.492. The van der Waals surface area contributed by atoms with Crippen LogP contribution in [0.1, 0.15) is 36.5 Å². The second kappa shape index (κ2) is 6.74. The lowest BCUT2D eigenvalue weighted by molar-refractivity contribution is -0.383. The van der Waals surface area contributed by atoms with Crippen LogP contribution in [-0.2, 0) is 4.74 Å². The highest BCUT2D eigenvalue weighted by atomic mass is 16.6. The van der Waals surface area contributed by atoms with Gasteiger partial charge in [0.05, 0.1) is 10.5 Å². The first-order valence-electron chi connectivity index (χ1n) is 7.38. The number of rotatable bonds is 5. The van der Waals surface area contributed by atoms with Crippen LogP contribution < -0.4 is 11.1 Å². The summed E-state index contributed by atoms with van der Waals surface area (Å²) in [6, 6.07) is 4.26. The fourth-order valence-corrected chi connectivity index (χ4v) is 2.73. The number of para-hydroxylation sites is 1. The van der Waals surface area contributed by atoms with Crippen molar-refractivity contribution in [3.05, 3.63) is 33.9 Å². The van der Waals surface area contributed by atoms with Gasteiger partial charge in [-0.05, 0) is 30.7 Å². The van der Waals surface area contributed by atoms with Gasteiger partial charge in [-0.15, -0.1) is 0 Å². The average molecular weight is 307 g/mol. The molecule has 7 nitrogen and oxygen atoms in total. The van der Waals surface area contributed by atoms with E-state index in [4.69, 9.17) is 10.5 Å². The minimum Gasteiger partial charge on any atom is -0.393 e. The zero-order chi connectivity index (χ0) is 16.2. The monoisotopic (exact) mass is 307 g/mol. The highest BCUT2D eigenvalue weighted by molar-refractivity contribution is 6.00. The molecule has 1 heterocycles. The molecule has 0 spiro atoms. The van der Waals surface area contributed by atoms with Crippen molar-refractivity contribution in [3.8, 4) is 0 Å². The van der Waals surface area contributed by atoms with E-state index >= 15 is 0 Å². The molecule has 7 heteroatoms. The molecule has 1 aliphatic rings. The number of ether oxygens (including phenoxy) is 1. The highest BCUT2D eigenvalue weighted by Gasteiger charge is 2.31. The summed E-state index contributed by atoms with van der Waals surface area (Å²) in [5, 5.41) is 13.7. The summed E-state index contributed by atoms with van der Waals surface area (Å²) in [5.41, 5.74) is 5.57. The first-order valence-corrected chi connectivity index (χ1v) is 7.38. The molecule has 1 amide bonds. The number of hydrogen-bond donors (Lipinski definition) is 2. The number of nitro benzene ring substituents is 1. The Morgan fingerprint density at radius 2 is 2.14 bits per heavy atom. The van der Waals surface area contributed by atoms with Crippen LogP contribution in [0, 0.1) is 15.5 Å². The number of benzene rings is 1. The van der Waals surface area contributed by atoms with E-state index in [1.165, 1.54) is 18.2 Å². The number of anilines is 1. The average Bonchev–Trinajstić information content (AvgIpc) is 2.53. The van der Waals surface area contributed by atoms with E-state index < -0.39 is 4.92 Å². The summed E-state index contributed by atoms with van der Waals surface area (Å²) >= 11 is 0. The Kier molecular flexibility index (Phi) is 4.97. The van der Waals surface area contributed by atoms with Gasteiger partial charge in [0.2, 0.25) is 0 Å². The predicted octanol–water partition coefficient (Wildman–Crippen LogP) is 2.11. The molecule has 1 aromatic rings. The summed E-state index contributed by atoms with van der Waals surface area (Å²) in [5.74, 6) is -0.375. The van der Waals surface area contributed by atoms with Crippen molar-refractivity contribution in [1.29, 1.82) is 0 Å². The zero-order valence-electron chi connectivity index (χ0n) is 12.6. The summed E-state index contributed by atoms with van der Waals surface area (Å²) < 4.78 is 5.37. The number of carbonyl (C=O) groups excluding carboxylic acids is 1. The zero-order valence-corrected chi connectivity index (χ0v) is 12.6. The minimum absolute atomic E-state index is 0.0311. The molecule has 0 aliphatic carbocycles. The van der Waals surface area contributed by atoms with Crippen molar-refractivity contribution >= 4 is 17.3 Å². The Hall–Kier alpha value is -2.15. The topological polar surface area (TPSA) is 107 Å². The summed E-state index contributed by atoms with van der Waals surface area (Å²) in [4.78, 5) is 22.6. The largest absolute Gasteiger partial charge is 0.393 e. The third-order valence-electron chi connectivity index (χ3n) is 4.45. The van der Waals surface area contributed by atoms with Crippen LogP contribution in [0.3, 0.4) is 0 Å². The summed E-state index contributed by atoms with van der Waals surface area (Å²) in [7, 11) is 0. The summed E-state index contributed by atoms with van der Waals surface area (Å²) in [6.07, 6.45) is 2.74. The maximum atomic E-state index is 12.3. The first kappa shape index (κ1) is 16.2. The van der Waals surface area contributed by atoms with Crippen molar-refractivity contribution in [1.82, 2.24) is 5.32 Å². The highest BCUT2D eigenvalue weighted by Crippen LogP contribution is 2.33. The second-order valence-corrected chi connectivity index (χ2v) is 5.64. The fourth-order valence-electron chi connectivity index (χ4n) is 2.73. The second-order valence-electron chi connectivity index (χ2n) is 5.64. The van der Waals surface area contributed by atoms with E-state index in [2.05, 4.69) is 12.2 Å². The lowest BCUT2D eigenvalue weighted by atomic mass is 9.78. The number of carbonyl (C=O) groups is 1. The molecule has 1 saturated heterocycles. The van der Waals surface area contributed by atoms with E-state index in [9.17, 15) is 14.9 Å². The Bertz CT molecular complexity index is 568. The van der Waals surface area contributed by atoms with Gasteiger partial charge in [-0.3, -0.25) is 14.9 Å². The Balaban J connectivity index is 2.09. The van der Waals surface area contributed by atoms with Crippen molar-refractivity contribution in [2.45, 2.75) is 26.2 Å². The molecular formula is C15H21N3O4. The molecule has 22 heavy (non-hydrogen) atoms. The number of amides is 1. The number of nitrogens with one attached hydrogen (secondary N) is 1. The number of nitrogens with zero attached hydrogens (tertiary/aromatic N) is 1. The fraction of sp³-hybridized carbons (Fsp3) is 0.533. The molecule has 3 N–H and O–H groups in total. The van der Waals surface area contributed by atoms with Crippen LogP contribution in [0.2, 0.25) is 0 Å². The maximum absolute atomic E-state index is 12.3. The third kappa shape index (κ3) is 3.36. The lowest BCUT2D eigenvalue weighted by Gasteiger charge is -2.36. The maximum Gasteiger partial charge on any atom is 0.292 e. The normalized spacial score (nSPS) is 17.0. The van der Waals surface area contributed by atoms with E-state index in [0.717, 1.165) is 19.3 Å². The van der Waals surface area contributed by atoms with Crippen LogP contribution in [0.15, 0.2) is 18.2 Å². The van der Waals surface area contributed by atoms with Gasteiger partial charge >= 0.3 is 0 Å². The number of nitrogen functional groups attached to an aromatic ring is 1. The van der Waals surface area contributed by atoms with Gasteiger partial charge in [-0.2, -0.15) is 0 Å². The van der Waals surface area contributed by atoms with E-state index in [-0.39, 0.29) is 28.3 Å². The molecule has 0 unspecified atom stereocenters. The van der Waals surface area contributed by atoms with Crippen molar-refractivity contribution < 1.29 is 14.5 Å². The van der Waals surface area contributed by atoms with E-state index in [1.807, 2.05) is 0 Å². The van der Waals surface area contributed by atoms with Gasteiger partial charge in [0.25, 0.3) is 11.6 Å². The SMILES string of the molecule is CCC1(CNC(=O)c2cccc([N+](=O)[O-])c2N)CCOCC1. The summed E-state index contributed by atoms with van der Waals surface area (Å²) in [6.45, 7) is 4.01. The van der Waals surface area contributed by atoms with Crippen molar-refractivity contribution in [2.24, 2.45) is 5.41 Å². The van der Waals surface area contributed by atoms with Crippen molar-refractivity contribution in [2.75, 3.05) is 25.5 Å². The number of hydrogen-bond acceptors (Lipinski definition) is 5. The van der Waals surface area contributed by atoms with Crippen LogP contribution in [0.25, 0.3) is 0 Å². The number of nitrogens with two attached hydrogens (primary N) is 1. The predicted molar refractivity (Wildman–Crippen MR) is 82.6 cm³/mol. The van der Waals surface area contributed by atoms with Crippen LogP contribution >= 0.6 is 0 Å². The molecule has 1 aromatic carbocycles. The molecule has 0 bridgehead atoms. The Morgan fingerprint density at radius 3 is 2.73 bits per heavy atom. The van der Waals surface area contributed by atoms with Crippen LogP contribution in [-0.4, -0.2) is 30.6 Å². The molecular weight excluding hydrogens is 286 g/mol. The van der Waals surface area contributed by atoms with E-state index in [1.54, 1.807) is 0 Å². The molecule has 0 saturated carbocycles. The molecule has 0 atom stereocenters. The van der Waals surface area contributed by atoms with E-state index in [0.29, 0.717) is 19.8 Å². The molecule has 1 fully saturated rings. The van der Waals surface area contributed by atoms with Gasteiger partial charge in [0.1, 0.15) is 5.69 Å². The first-order chi connectivity index (χ1) is 10.5. The van der Waals surface area contributed by atoms with Gasteiger partial charge in [0.15, 0.2) is 0 Å². The lowest BCUT2D eigenvalue weighted by Crippen LogP contribution is -2.41. The minimum atomic E-state index is -0.585. The Morgan fingerprint density at radius 1 is 1.45 bits per heavy atom. The standard InChI is InChI=1S/C15H21N3O4/c1-2-15(6-8-22-9-7-15)10-17-14(19)11-4-3-5-12(13(11)16)18(20)21/h3-5H,2,6-10,16H2,1H3,(H,17,19). The molecule has 1 aliphatic heterocycles. The van der Waals surface area contributed by atoms with Crippen molar-refractivity contribution in [3.63, 3.8) is 0 Å². The van der Waals surface area contributed by atoms with Gasteiger partial charge in [0, 0.05) is 25.8 Å². The third-order valence-corrected chi connectivity index (χ3v) is 4.45. The molecule has 0 aromatic heterocycles.